The van der Waals surface area contributed by atoms with Gasteiger partial charge in [-0.05, 0) is 33.8 Å². The van der Waals surface area contributed by atoms with Gasteiger partial charge in [0.05, 0.1) is 15.9 Å². The molecule has 0 atom stereocenters. The molecule has 0 amide bonds. The number of nitrogens with zero attached hydrogens (tertiary/aromatic N) is 2. The molecule has 1 aromatic carbocycles. The molecule has 0 saturated carbocycles. The molecule has 0 aliphatic heterocycles. The highest BCUT2D eigenvalue weighted by atomic mass is 79.9. The molecule has 3 nitrogen and oxygen atoms in total. The first kappa shape index (κ1) is 14.3. The third-order valence-corrected chi connectivity index (χ3v) is 3.95. The van der Waals surface area contributed by atoms with Crippen LogP contribution in [-0.2, 0) is 20.0 Å². The van der Waals surface area contributed by atoms with E-state index in [-0.39, 0.29) is 0 Å². The molecule has 102 valence electrons. The Morgan fingerprint density at radius 2 is 1.89 bits per heavy atom. The van der Waals surface area contributed by atoms with Crippen molar-refractivity contribution in [3.05, 3.63) is 40.0 Å². The molecule has 0 spiro atoms. The molecule has 0 bridgehead atoms. The highest BCUT2D eigenvalue weighted by Crippen LogP contribution is 2.30. The van der Waals surface area contributed by atoms with Crippen LogP contribution in [0.15, 0.2) is 28.7 Å². The monoisotopic (exact) mass is 321 g/mol. The van der Waals surface area contributed by atoms with Crippen molar-refractivity contribution in [3.8, 4) is 11.3 Å². The van der Waals surface area contributed by atoms with Gasteiger partial charge in [-0.2, -0.15) is 5.10 Å². The van der Waals surface area contributed by atoms with Crippen molar-refractivity contribution in [1.29, 1.82) is 0 Å². The topological polar surface area (TPSA) is 43.8 Å². The van der Waals surface area contributed by atoms with Crippen LogP contribution >= 0.6 is 15.9 Å². The number of halogens is 1. The fraction of sp³-hybridized carbons (Fsp3) is 0.400. The normalized spacial score (nSPS) is 11.3. The highest BCUT2D eigenvalue weighted by molar-refractivity contribution is 9.10. The van der Waals surface area contributed by atoms with Gasteiger partial charge in [0.25, 0.3) is 0 Å². The molecular formula is C15H20BrN3. The van der Waals surface area contributed by atoms with E-state index >= 15 is 0 Å². The molecule has 19 heavy (non-hydrogen) atoms. The molecule has 1 heterocycles. The molecule has 0 unspecified atom stereocenters. The maximum atomic E-state index is 5.68. The Morgan fingerprint density at radius 1 is 1.26 bits per heavy atom. The Morgan fingerprint density at radius 3 is 2.37 bits per heavy atom. The first-order valence-corrected chi connectivity index (χ1v) is 7.33. The van der Waals surface area contributed by atoms with Gasteiger partial charge >= 0.3 is 0 Å². The van der Waals surface area contributed by atoms with Crippen molar-refractivity contribution >= 4 is 15.9 Å². The van der Waals surface area contributed by atoms with E-state index in [1.165, 1.54) is 5.56 Å². The number of aryl methyl sites for hydroxylation is 1. The first-order chi connectivity index (χ1) is 9.02. The third kappa shape index (κ3) is 3.07. The number of hydrogen-bond donors (Lipinski definition) is 1. The van der Waals surface area contributed by atoms with E-state index in [2.05, 4.69) is 59.1 Å². The second-order valence-corrected chi connectivity index (χ2v) is 6.02. The average molecular weight is 322 g/mol. The summed E-state index contributed by atoms with van der Waals surface area (Å²) in [5.74, 6) is 0.679. The van der Waals surface area contributed by atoms with Crippen LogP contribution in [-0.4, -0.2) is 9.78 Å². The minimum Gasteiger partial charge on any atom is -0.325 e. The quantitative estimate of drug-likeness (QED) is 0.936. The van der Waals surface area contributed by atoms with Gasteiger partial charge in [0, 0.05) is 19.2 Å². The van der Waals surface area contributed by atoms with Crippen LogP contribution in [0.25, 0.3) is 11.3 Å². The first-order valence-electron chi connectivity index (χ1n) is 6.53. The molecule has 4 heteroatoms. The summed E-state index contributed by atoms with van der Waals surface area (Å²) in [6.07, 6.45) is 1.11. The van der Waals surface area contributed by atoms with E-state index in [1.807, 2.05) is 11.7 Å². The van der Waals surface area contributed by atoms with Crippen molar-refractivity contribution < 1.29 is 0 Å². The van der Waals surface area contributed by atoms with Crippen LogP contribution in [0, 0.1) is 5.92 Å². The lowest BCUT2D eigenvalue weighted by molar-refractivity contribution is 0.647. The Labute approximate surface area is 122 Å². The summed E-state index contributed by atoms with van der Waals surface area (Å²) < 4.78 is 2.87. The maximum absolute atomic E-state index is 5.68. The zero-order chi connectivity index (χ0) is 14.0. The second kappa shape index (κ2) is 5.88. The molecule has 0 aliphatic rings. The molecule has 0 radical (unpaired) electrons. The molecule has 2 rings (SSSR count). The minimum absolute atomic E-state index is 0.444. The van der Waals surface area contributed by atoms with Crippen molar-refractivity contribution in [2.75, 3.05) is 0 Å². The van der Waals surface area contributed by atoms with E-state index in [4.69, 9.17) is 5.73 Å². The Bertz CT molecular complexity index is 556. The SMILES string of the molecule is CC(C)Cc1ccc(-c2c(Br)c(CN)nn2C)cc1. The number of hydrogen-bond acceptors (Lipinski definition) is 2. The standard InChI is InChI=1S/C15H20BrN3/c1-10(2)8-11-4-6-12(7-5-11)15-14(16)13(9-17)18-19(15)3/h4-7,10H,8-9,17H2,1-3H3. The molecule has 2 N–H and O–H groups in total. The lowest BCUT2D eigenvalue weighted by atomic mass is 10.0. The lowest BCUT2D eigenvalue weighted by Gasteiger charge is -2.07. The van der Waals surface area contributed by atoms with Crippen molar-refractivity contribution in [1.82, 2.24) is 9.78 Å². The van der Waals surface area contributed by atoms with Gasteiger partial charge in [-0.25, -0.2) is 0 Å². The smallest absolute Gasteiger partial charge is 0.0908 e. The Balaban J connectivity index is 2.34. The molecule has 0 aliphatic carbocycles. The molecule has 2 aromatic rings. The van der Waals surface area contributed by atoms with Gasteiger partial charge in [0.2, 0.25) is 0 Å². The summed E-state index contributed by atoms with van der Waals surface area (Å²) in [6, 6.07) is 8.69. The Kier molecular flexibility index (Phi) is 4.42. The zero-order valence-corrected chi connectivity index (χ0v) is 13.2. The van der Waals surface area contributed by atoms with Gasteiger partial charge in [-0.15, -0.1) is 0 Å². The van der Waals surface area contributed by atoms with Crippen LogP contribution in [0.5, 0.6) is 0 Å². The van der Waals surface area contributed by atoms with Gasteiger partial charge in [0.15, 0.2) is 0 Å². The van der Waals surface area contributed by atoms with E-state index in [0.29, 0.717) is 12.5 Å². The average Bonchev–Trinajstić information content (AvgIpc) is 2.65. The van der Waals surface area contributed by atoms with Crippen molar-refractivity contribution in [2.45, 2.75) is 26.8 Å². The molecule has 0 fully saturated rings. The van der Waals surface area contributed by atoms with Gasteiger partial charge in [0.1, 0.15) is 0 Å². The fourth-order valence-electron chi connectivity index (χ4n) is 2.27. The van der Waals surface area contributed by atoms with Gasteiger partial charge in [-0.3, -0.25) is 4.68 Å². The van der Waals surface area contributed by atoms with Crippen molar-refractivity contribution in [3.63, 3.8) is 0 Å². The largest absolute Gasteiger partial charge is 0.325 e. The van der Waals surface area contributed by atoms with Crippen LogP contribution in [0.1, 0.15) is 25.1 Å². The summed E-state index contributed by atoms with van der Waals surface area (Å²) in [5.41, 5.74) is 10.2. The van der Waals surface area contributed by atoms with Crippen LogP contribution < -0.4 is 5.73 Å². The number of benzene rings is 1. The van der Waals surface area contributed by atoms with Crippen LogP contribution in [0.2, 0.25) is 0 Å². The second-order valence-electron chi connectivity index (χ2n) is 5.23. The van der Waals surface area contributed by atoms with E-state index in [9.17, 15) is 0 Å². The Hall–Kier alpha value is -1.13. The van der Waals surface area contributed by atoms with E-state index in [1.54, 1.807) is 0 Å². The molecule has 0 saturated heterocycles. The maximum Gasteiger partial charge on any atom is 0.0908 e. The predicted molar refractivity (Wildman–Crippen MR) is 82.8 cm³/mol. The molecule has 1 aromatic heterocycles. The summed E-state index contributed by atoms with van der Waals surface area (Å²) in [4.78, 5) is 0. The number of rotatable bonds is 4. The van der Waals surface area contributed by atoms with E-state index < -0.39 is 0 Å². The minimum atomic E-state index is 0.444. The van der Waals surface area contributed by atoms with Crippen LogP contribution in [0.3, 0.4) is 0 Å². The van der Waals surface area contributed by atoms with E-state index in [0.717, 1.165) is 27.8 Å². The highest BCUT2D eigenvalue weighted by Gasteiger charge is 2.14. The lowest BCUT2D eigenvalue weighted by Crippen LogP contribution is -1.99. The fourth-order valence-corrected chi connectivity index (χ4v) is 2.99. The number of nitrogens with two attached hydrogens (primary N) is 1. The predicted octanol–water partition coefficient (Wildman–Crippen LogP) is 3.51. The number of aromatic nitrogens is 2. The summed E-state index contributed by atoms with van der Waals surface area (Å²) >= 11 is 3.59. The molecular weight excluding hydrogens is 302 g/mol. The summed E-state index contributed by atoms with van der Waals surface area (Å²) in [6.45, 7) is 4.91. The zero-order valence-electron chi connectivity index (χ0n) is 11.7. The summed E-state index contributed by atoms with van der Waals surface area (Å²) in [5, 5.41) is 4.42. The van der Waals surface area contributed by atoms with Crippen LogP contribution in [0.4, 0.5) is 0 Å². The summed E-state index contributed by atoms with van der Waals surface area (Å²) in [7, 11) is 1.95. The van der Waals surface area contributed by atoms with Gasteiger partial charge in [-0.1, -0.05) is 38.1 Å². The van der Waals surface area contributed by atoms with Crippen molar-refractivity contribution in [2.24, 2.45) is 18.7 Å². The van der Waals surface area contributed by atoms with Gasteiger partial charge < -0.3 is 5.73 Å². The third-order valence-electron chi connectivity index (χ3n) is 3.12.